The number of thioether (sulfide) groups is 1. The van der Waals surface area contributed by atoms with Gasteiger partial charge in [-0.2, -0.15) is 0 Å². The van der Waals surface area contributed by atoms with Crippen LogP contribution in [-0.4, -0.2) is 74.3 Å². The molecule has 1 aliphatic rings. The van der Waals surface area contributed by atoms with Crippen molar-refractivity contribution < 1.29 is 23.8 Å². The summed E-state index contributed by atoms with van der Waals surface area (Å²) in [5, 5.41) is 0.934. The summed E-state index contributed by atoms with van der Waals surface area (Å²) in [4.78, 5) is 38.2. The van der Waals surface area contributed by atoms with Crippen molar-refractivity contribution in [3.63, 3.8) is 0 Å². The number of hydrogen-bond donors (Lipinski definition) is 0. The Morgan fingerprint density at radius 1 is 1.02 bits per heavy atom. The van der Waals surface area contributed by atoms with Crippen LogP contribution in [0.5, 0.6) is 11.5 Å². The Bertz CT molecular complexity index is 1380. The maximum Gasteiger partial charge on any atom is 0.309 e. The number of carbonyl (C=O) groups excluding carboxylic acids is 2. The predicted octanol–water partition coefficient (Wildman–Crippen LogP) is 5.53. The molecule has 0 spiro atoms. The molecule has 2 heterocycles. The van der Waals surface area contributed by atoms with Crippen LogP contribution in [0.2, 0.25) is 5.15 Å². The summed E-state index contributed by atoms with van der Waals surface area (Å²) in [5.74, 6) is 2.38. The second kappa shape index (κ2) is 15.1. The van der Waals surface area contributed by atoms with Crippen molar-refractivity contribution in [3.8, 4) is 11.5 Å². The van der Waals surface area contributed by atoms with Gasteiger partial charge in [0.15, 0.2) is 16.7 Å². The van der Waals surface area contributed by atoms with Crippen molar-refractivity contribution in [1.82, 2.24) is 14.9 Å². The number of aromatic nitrogens is 2. The maximum atomic E-state index is 13.2. The lowest BCUT2D eigenvalue weighted by atomic mass is 9.96. The highest BCUT2D eigenvalue weighted by molar-refractivity contribution is 7.98. The second-order valence-electron chi connectivity index (χ2n) is 10.00. The molecule has 1 aromatic heterocycles. The number of halogens is 1. The van der Waals surface area contributed by atoms with E-state index in [1.165, 1.54) is 11.8 Å². The van der Waals surface area contributed by atoms with Crippen LogP contribution in [-0.2, 0) is 21.7 Å². The number of nitrogens with zero attached hydrogens (tertiary/aromatic N) is 4. The third kappa shape index (κ3) is 8.29. The van der Waals surface area contributed by atoms with Crippen molar-refractivity contribution in [2.24, 2.45) is 5.92 Å². The standard InChI is InChI=1S/C31H37ClN4O5S/c1-5-41-30(38)23-12-15-36(16-13-23)29(37)24-8-6-7-22(17-24)20-42-31-33-27(32)19-28(34-31)35(2)14-11-21-9-10-25(39-3)26(18-21)40-4/h6-10,17-19,23H,5,11-16,20H2,1-4H3. The van der Waals surface area contributed by atoms with Crippen LogP contribution in [0.25, 0.3) is 0 Å². The van der Waals surface area contributed by atoms with Gasteiger partial charge in [-0.15, -0.1) is 0 Å². The molecule has 0 N–H and O–H groups in total. The van der Waals surface area contributed by atoms with Crippen molar-refractivity contribution >= 4 is 41.1 Å². The number of amides is 1. The van der Waals surface area contributed by atoms with Crippen molar-refractivity contribution in [3.05, 3.63) is 70.4 Å². The molecule has 4 rings (SSSR count). The van der Waals surface area contributed by atoms with Gasteiger partial charge in [-0.05, 0) is 61.6 Å². The molecule has 1 saturated heterocycles. The molecular formula is C31H37ClN4O5S. The lowest BCUT2D eigenvalue weighted by Gasteiger charge is -2.31. The highest BCUT2D eigenvalue weighted by Crippen LogP contribution is 2.29. The predicted molar refractivity (Wildman–Crippen MR) is 165 cm³/mol. The van der Waals surface area contributed by atoms with E-state index in [9.17, 15) is 9.59 Å². The number of likely N-dealkylation sites (tertiary alicyclic amines) is 1. The SMILES string of the molecule is CCOC(=O)C1CCN(C(=O)c2cccc(CSc3nc(Cl)cc(N(C)CCc4ccc(OC)c(OC)c4)n3)c2)CC1. The Balaban J connectivity index is 1.34. The molecule has 0 radical (unpaired) electrons. The number of likely N-dealkylation sites (N-methyl/N-ethyl adjacent to an activating group) is 1. The first-order valence-electron chi connectivity index (χ1n) is 14.0. The second-order valence-corrected chi connectivity index (χ2v) is 11.3. The highest BCUT2D eigenvalue weighted by Gasteiger charge is 2.28. The van der Waals surface area contributed by atoms with E-state index in [0.717, 1.165) is 23.4 Å². The van der Waals surface area contributed by atoms with Gasteiger partial charge in [-0.25, -0.2) is 9.97 Å². The van der Waals surface area contributed by atoms with Crippen LogP contribution in [0.3, 0.4) is 0 Å². The van der Waals surface area contributed by atoms with Crippen molar-refractivity contribution in [2.45, 2.75) is 37.1 Å². The number of benzene rings is 2. The maximum absolute atomic E-state index is 13.2. The van der Waals surface area contributed by atoms with E-state index >= 15 is 0 Å². The number of hydrogen-bond acceptors (Lipinski definition) is 9. The van der Waals surface area contributed by atoms with Gasteiger partial charge in [0.2, 0.25) is 0 Å². The molecule has 42 heavy (non-hydrogen) atoms. The number of carbonyl (C=O) groups is 2. The largest absolute Gasteiger partial charge is 0.493 e. The molecule has 0 unspecified atom stereocenters. The molecule has 3 aromatic rings. The minimum absolute atomic E-state index is 0.0263. The van der Waals surface area contributed by atoms with Crippen LogP contribution in [0.15, 0.2) is 53.7 Å². The lowest BCUT2D eigenvalue weighted by molar-refractivity contribution is -0.149. The summed E-state index contributed by atoms with van der Waals surface area (Å²) < 4.78 is 15.9. The first-order chi connectivity index (χ1) is 20.3. The monoisotopic (exact) mass is 612 g/mol. The van der Waals surface area contributed by atoms with Crippen molar-refractivity contribution in [1.29, 1.82) is 0 Å². The molecule has 1 aliphatic heterocycles. The van der Waals surface area contributed by atoms with Gasteiger partial charge in [-0.3, -0.25) is 9.59 Å². The highest BCUT2D eigenvalue weighted by atomic mass is 35.5. The van der Waals surface area contributed by atoms with E-state index in [1.807, 2.05) is 59.3 Å². The molecule has 0 saturated carbocycles. The summed E-state index contributed by atoms with van der Waals surface area (Å²) in [6.07, 6.45) is 2.02. The van der Waals surface area contributed by atoms with E-state index in [0.29, 0.717) is 72.2 Å². The van der Waals surface area contributed by atoms with Crippen LogP contribution < -0.4 is 14.4 Å². The molecule has 2 aromatic carbocycles. The molecule has 9 nitrogen and oxygen atoms in total. The fourth-order valence-corrected chi connectivity index (χ4v) is 5.82. The number of esters is 1. The summed E-state index contributed by atoms with van der Waals surface area (Å²) in [7, 11) is 5.22. The number of piperidine rings is 1. The van der Waals surface area contributed by atoms with Crippen LogP contribution in [0.4, 0.5) is 5.82 Å². The number of methoxy groups -OCH3 is 2. The molecule has 1 amide bonds. The fraction of sp³-hybridized carbons (Fsp3) is 0.419. The average Bonchev–Trinajstić information content (AvgIpc) is 3.02. The van der Waals surface area contributed by atoms with Gasteiger partial charge in [0.1, 0.15) is 11.0 Å². The van der Waals surface area contributed by atoms with E-state index < -0.39 is 0 Å². The lowest BCUT2D eigenvalue weighted by Crippen LogP contribution is -2.40. The van der Waals surface area contributed by atoms with Crippen LogP contribution in [0.1, 0.15) is 41.3 Å². The Hall–Kier alpha value is -3.50. The third-order valence-electron chi connectivity index (χ3n) is 7.18. The molecule has 224 valence electrons. The Labute approximate surface area is 256 Å². The Kier molecular flexibility index (Phi) is 11.3. The molecule has 0 aliphatic carbocycles. The van der Waals surface area contributed by atoms with E-state index in [4.69, 9.17) is 30.8 Å². The smallest absolute Gasteiger partial charge is 0.309 e. The number of anilines is 1. The van der Waals surface area contributed by atoms with E-state index in [2.05, 4.69) is 4.98 Å². The first-order valence-corrected chi connectivity index (χ1v) is 15.3. The molecule has 0 bridgehead atoms. The van der Waals surface area contributed by atoms with Gasteiger partial charge >= 0.3 is 5.97 Å². The molecule has 1 fully saturated rings. The topological polar surface area (TPSA) is 94.1 Å². The van der Waals surface area contributed by atoms with Crippen LogP contribution >= 0.6 is 23.4 Å². The van der Waals surface area contributed by atoms with E-state index in [-0.39, 0.29) is 17.8 Å². The minimum atomic E-state index is -0.167. The third-order valence-corrected chi connectivity index (χ3v) is 8.29. The number of rotatable bonds is 12. The zero-order valence-corrected chi connectivity index (χ0v) is 26.0. The number of ether oxygens (including phenoxy) is 3. The Morgan fingerprint density at radius 3 is 2.50 bits per heavy atom. The van der Waals surface area contributed by atoms with Crippen LogP contribution in [0, 0.1) is 5.92 Å². The quantitative estimate of drug-likeness (QED) is 0.113. The normalized spacial score (nSPS) is 13.5. The summed E-state index contributed by atoms with van der Waals surface area (Å²) in [6, 6.07) is 15.3. The summed E-state index contributed by atoms with van der Waals surface area (Å²) >= 11 is 7.83. The fourth-order valence-electron chi connectivity index (χ4n) is 4.80. The average molecular weight is 613 g/mol. The zero-order chi connectivity index (χ0) is 30.1. The van der Waals surface area contributed by atoms with Gasteiger partial charge in [0.05, 0.1) is 26.7 Å². The van der Waals surface area contributed by atoms with Gasteiger partial charge < -0.3 is 24.0 Å². The minimum Gasteiger partial charge on any atom is -0.493 e. The van der Waals surface area contributed by atoms with Gasteiger partial charge in [-0.1, -0.05) is 41.6 Å². The van der Waals surface area contributed by atoms with Crippen molar-refractivity contribution in [2.75, 3.05) is 52.4 Å². The molecular weight excluding hydrogens is 576 g/mol. The van der Waals surface area contributed by atoms with Gasteiger partial charge in [0.25, 0.3) is 5.91 Å². The summed E-state index contributed by atoms with van der Waals surface area (Å²) in [5.41, 5.74) is 2.73. The Morgan fingerprint density at radius 2 is 1.79 bits per heavy atom. The van der Waals surface area contributed by atoms with Gasteiger partial charge in [0, 0.05) is 44.1 Å². The van der Waals surface area contributed by atoms with E-state index in [1.54, 1.807) is 27.2 Å². The first kappa shape index (κ1) is 31.4. The summed E-state index contributed by atoms with van der Waals surface area (Å²) in [6.45, 7) is 3.98. The molecule has 11 heteroatoms. The molecule has 0 atom stereocenters. The zero-order valence-electron chi connectivity index (χ0n) is 24.5.